The Kier molecular flexibility index (Phi) is 5.83. The van der Waals surface area contributed by atoms with Crippen LogP contribution in [0.4, 0.5) is 14.6 Å². The summed E-state index contributed by atoms with van der Waals surface area (Å²) in [5.74, 6) is -3.23. The number of hydrogen-bond donors (Lipinski definition) is 1. The molecule has 0 unspecified atom stereocenters. The van der Waals surface area contributed by atoms with E-state index in [2.05, 4.69) is 9.97 Å². The summed E-state index contributed by atoms with van der Waals surface area (Å²) in [5, 5.41) is 11.5. The first-order chi connectivity index (χ1) is 17.0. The van der Waals surface area contributed by atoms with Crippen molar-refractivity contribution in [2.75, 3.05) is 18.0 Å². The van der Waals surface area contributed by atoms with E-state index in [4.69, 9.17) is 11.6 Å². The summed E-state index contributed by atoms with van der Waals surface area (Å²) in [6.45, 7) is 3.11. The van der Waals surface area contributed by atoms with Gasteiger partial charge in [0.05, 0.1) is 17.3 Å². The van der Waals surface area contributed by atoms with Crippen molar-refractivity contribution in [2.24, 2.45) is 13.0 Å². The topological polar surface area (TPSA) is 76.2 Å². The lowest BCUT2D eigenvalue weighted by atomic mass is 10.0. The van der Waals surface area contributed by atoms with Gasteiger partial charge in [-0.25, -0.2) is 23.5 Å². The van der Waals surface area contributed by atoms with Crippen molar-refractivity contribution in [3.8, 4) is 33.8 Å². The number of nitrogens with zero attached hydrogens (tertiary/aromatic N) is 5. The maximum atomic E-state index is 14.1. The average Bonchev–Trinajstić information content (AvgIpc) is 3.32. The van der Waals surface area contributed by atoms with E-state index in [9.17, 15) is 18.7 Å². The highest BCUT2D eigenvalue weighted by Gasteiger charge is 2.45. The molecule has 5 rings (SSSR count). The second kappa shape index (κ2) is 8.74. The van der Waals surface area contributed by atoms with Crippen molar-refractivity contribution in [3.63, 3.8) is 0 Å². The van der Waals surface area contributed by atoms with E-state index < -0.39 is 18.4 Å². The molecule has 1 atom stereocenters. The van der Waals surface area contributed by atoms with Gasteiger partial charge in [-0.3, -0.25) is 4.57 Å². The Bertz CT molecular complexity index is 1530. The largest absolute Gasteiger partial charge is 0.505 e. The van der Waals surface area contributed by atoms with Crippen LogP contribution in [0.5, 0.6) is 5.75 Å². The number of aromatic hydroxyl groups is 1. The number of aryl methyl sites for hydroxylation is 2. The van der Waals surface area contributed by atoms with E-state index in [1.54, 1.807) is 67.7 Å². The van der Waals surface area contributed by atoms with Crippen LogP contribution in [0.25, 0.3) is 28.1 Å². The molecular weight excluding hydrogens is 488 g/mol. The normalized spacial score (nSPS) is 17.1. The summed E-state index contributed by atoms with van der Waals surface area (Å²) in [5.41, 5.74) is 2.96. The Morgan fingerprint density at radius 3 is 2.56 bits per heavy atom. The third-order valence-electron chi connectivity index (χ3n) is 6.55. The summed E-state index contributed by atoms with van der Waals surface area (Å²) in [7, 11) is 1.65. The third kappa shape index (κ3) is 4.13. The molecule has 1 saturated heterocycles. The highest BCUT2D eigenvalue weighted by molar-refractivity contribution is 6.32. The van der Waals surface area contributed by atoms with Gasteiger partial charge in [0.1, 0.15) is 17.3 Å². The van der Waals surface area contributed by atoms with Gasteiger partial charge in [0.25, 0.3) is 5.92 Å². The summed E-state index contributed by atoms with van der Waals surface area (Å²) in [4.78, 5) is 22.7. The molecule has 0 aliphatic carbocycles. The summed E-state index contributed by atoms with van der Waals surface area (Å²) < 4.78 is 31.1. The number of rotatable bonds is 4. The molecular formula is C26H24ClF2N5O2. The van der Waals surface area contributed by atoms with Gasteiger partial charge in [-0.1, -0.05) is 24.6 Å². The van der Waals surface area contributed by atoms with E-state index in [-0.39, 0.29) is 18.0 Å². The van der Waals surface area contributed by atoms with E-state index in [0.29, 0.717) is 44.6 Å². The molecule has 0 spiro atoms. The molecule has 3 aromatic heterocycles. The second-order valence-electron chi connectivity index (χ2n) is 9.18. The number of anilines is 1. The quantitative estimate of drug-likeness (QED) is 0.414. The van der Waals surface area contributed by atoms with Gasteiger partial charge in [-0.15, -0.1) is 0 Å². The van der Waals surface area contributed by atoms with Crippen LogP contribution < -0.4 is 10.6 Å². The Labute approximate surface area is 211 Å². The predicted octanol–water partition coefficient (Wildman–Crippen LogP) is 5.06. The highest BCUT2D eigenvalue weighted by atomic mass is 35.5. The number of hydrogen-bond acceptors (Lipinski definition) is 5. The lowest BCUT2D eigenvalue weighted by Gasteiger charge is -2.18. The zero-order valence-electron chi connectivity index (χ0n) is 19.9. The first-order valence-electron chi connectivity index (χ1n) is 11.4. The average molecular weight is 512 g/mol. The molecule has 4 heterocycles. The number of halogens is 3. The fourth-order valence-corrected chi connectivity index (χ4v) is 4.73. The Balaban J connectivity index is 1.54. The molecule has 36 heavy (non-hydrogen) atoms. The minimum absolute atomic E-state index is 0.0708. The predicted molar refractivity (Wildman–Crippen MR) is 135 cm³/mol. The smallest absolute Gasteiger partial charge is 0.332 e. The number of benzene rings is 1. The molecule has 1 fully saturated rings. The molecule has 7 nitrogen and oxygen atoms in total. The molecule has 1 aromatic carbocycles. The van der Waals surface area contributed by atoms with E-state index in [0.717, 1.165) is 0 Å². The van der Waals surface area contributed by atoms with Crippen LogP contribution in [0, 0.1) is 12.8 Å². The molecule has 1 aliphatic heterocycles. The summed E-state index contributed by atoms with van der Waals surface area (Å²) >= 11 is 6.53. The molecule has 0 bridgehead atoms. The molecule has 186 valence electrons. The Morgan fingerprint density at radius 2 is 1.92 bits per heavy atom. The van der Waals surface area contributed by atoms with Gasteiger partial charge < -0.3 is 14.6 Å². The van der Waals surface area contributed by atoms with Crippen LogP contribution in [0.2, 0.25) is 5.02 Å². The number of pyridine rings is 2. The zero-order valence-corrected chi connectivity index (χ0v) is 20.7. The Morgan fingerprint density at radius 1 is 1.14 bits per heavy atom. The van der Waals surface area contributed by atoms with Crippen molar-refractivity contribution in [1.82, 2.24) is 19.1 Å². The fraction of sp³-hybridized carbons (Fsp3) is 0.269. The molecule has 4 aromatic rings. The number of alkyl halides is 2. The lowest BCUT2D eigenvalue weighted by molar-refractivity contribution is -0.0138. The molecule has 0 radical (unpaired) electrons. The molecule has 1 aliphatic rings. The SMILES string of the molecule is Cc1cc(-c2ccc(-n3ccn(C)c3=O)c(Cl)c2)c(O)c(-c2ccnc(N3C[C@H](C)C(F)(F)C3)c2)n1. The number of aromatic nitrogens is 4. The first kappa shape index (κ1) is 24.0. The van der Waals surface area contributed by atoms with Gasteiger partial charge in [0.2, 0.25) is 0 Å². The van der Waals surface area contributed by atoms with Crippen molar-refractivity contribution >= 4 is 17.4 Å². The Hall–Kier alpha value is -3.72. The van der Waals surface area contributed by atoms with Crippen LogP contribution in [0.15, 0.2) is 59.8 Å². The zero-order chi connectivity index (χ0) is 25.8. The molecule has 0 saturated carbocycles. The maximum Gasteiger partial charge on any atom is 0.332 e. The summed E-state index contributed by atoms with van der Waals surface area (Å²) in [6.07, 6.45) is 4.80. The van der Waals surface area contributed by atoms with Gasteiger partial charge in [-0.05, 0) is 42.8 Å². The van der Waals surface area contributed by atoms with Crippen molar-refractivity contribution in [3.05, 3.63) is 76.2 Å². The maximum absolute atomic E-state index is 14.1. The minimum Gasteiger partial charge on any atom is -0.505 e. The van der Waals surface area contributed by atoms with Crippen LogP contribution in [0.1, 0.15) is 12.6 Å². The van der Waals surface area contributed by atoms with Crippen molar-refractivity contribution < 1.29 is 13.9 Å². The number of imidazole rings is 1. The van der Waals surface area contributed by atoms with Crippen molar-refractivity contribution in [1.29, 1.82) is 0 Å². The van der Waals surface area contributed by atoms with Crippen molar-refractivity contribution in [2.45, 2.75) is 19.8 Å². The van der Waals surface area contributed by atoms with Crippen LogP contribution >= 0.6 is 11.6 Å². The van der Waals surface area contributed by atoms with Gasteiger partial charge in [0.15, 0.2) is 0 Å². The lowest BCUT2D eigenvalue weighted by Crippen LogP contribution is -2.26. The van der Waals surface area contributed by atoms with Gasteiger partial charge in [0, 0.05) is 54.9 Å². The third-order valence-corrected chi connectivity index (χ3v) is 6.85. The van der Waals surface area contributed by atoms with E-state index in [1.807, 2.05) is 0 Å². The van der Waals surface area contributed by atoms with Crippen LogP contribution in [-0.2, 0) is 7.05 Å². The van der Waals surface area contributed by atoms with E-state index in [1.165, 1.54) is 22.3 Å². The molecule has 1 N–H and O–H groups in total. The minimum atomic E-state index is -2.79. The molecule has 0 amide bonds. The highest BCUT2D eigenvalue weighted by Crippen LogP contribution is 2.40. The second-order valence-corrected chi connectivity index (χ2v) is 9.59. The van der Waals surface area contributed by atoms with Gasteiger partial charge >= 0.3 is 5.69 Å². The molecule has 10 heteroatoms. The van der Waals surface area contributed by atoms with Gasteiger partial charge in [-0.2, -0.15) is 0 Å². The fourth-order valence-electron chi connectivity index (χ4n) is 4.46. The standard InChI is InChI=1S/C26H24ClF2N5O2/c1-15-13-33(14-26(15,28)29)22-12-18(6-7-30-22)23-24(35)19(10-16(2)31-23)17-4-5-21(20(27)11-17)34-9-8-32(3)25(34)36/h4-12,15,35H,13-14H2,1-3H3/t15-/m0/s1. The van der Waals surface area contributed by atoms with E-state index >= 15 is 0 Å². The monoisotopic (exact) mass is 511 g/mol. The van der Waals surface area contributed by atoms with Crippen LogP contribution in [0.3, 0.4) is 0 Å². The first-order valence-corrected chi connectivity index (χ1v) is 11.8. The summed E-state index contributed by atoms with van der Waals surface area (Å²) in [6, 6.07) is 10.3. The van der Waals surface area contributed by atoms with Crippen LogP contribution in [-0.4, -0.2) is 43.2 Å².